The summed E-state index contributed by atoms with van der Waals surface area (Å²) in [5.41, 5.74) is 0. The third-order valence-corrected chi connectivity index (χ3v) is 4.26. The van der Waals surface area contributed by atoms with Crippen LogP contribution in [-0.2, 0) is 14.8 Å². The first-order valence-corrected chi connectivity index (χ1v) is 8.26. The van der Waals surface area contributed by atoms with Gasteiger partial charge in [0.2, 0.25) is 15.9 Å². The van der Waals surface area contributed by atoms with E-state index < -0.39 is 10.0 Å². The summed E-state index contributed by atoms with van der Waals surface area (Å²) in [6.07, 6.45) is 8.74. The van der Waals surface area contributed by atoms with Gasteiger partial charge in [0.1, 0.15) is 0 Å². The van der Waals surface area contributed by atoms with Gasteiger partial charge in [0.05, 0.1) is 6.26 Å². The van der Waals surface area contributed by atoms with E-state index in [0.29, 0.717) is 19.5 Å². The summed E-state index contributed by atoms with van der Waals surface area (Å²) in [6, 6.07) is -0.122. The number of nitrogens with zero attached hydrogens (tertiary/aromatic N) is 1. The number of hydrogen-bond donors (Lipinski definition) is 1. The third kappa shape index (κ3) is 3.55. The second-order valence-electron chi connectivity index (χ2n) is 5.14. The molecule has 1 heterocycles. The van der Waals surface area contributed by atoms with Crippen molar-refractivity contribution in [3.05, 3.63) is 12.2 Å². The molecule has 2 aliphatic rings. The molecule has 1 amide bonds. The van der Waals surface area contributed by atoms with Crippen molar-refractivity contribution in [1.29, 1.82) is 0 Å². The Hall–Kier alpha value is -0.880. The largest absolute Gasteiger partial charge is 0.341 e. The number of likely N-dealkylation sites (tertiary alicyclic amines) is 1. The van der Waals surface area contributed by atoms with Crippen LogP contribution < -0.4 is 4.72 Å². The van der Waals surface area contributed by atoms with Crippen molar-refractivity contribution in [3.63, 3.8) is 0 Å². The maximum Gasteiger partial charge on any atom is 0.226 e. The minimum atomic E-state index is -3.18. The fourth-order valence-corrected chi connectivity index (χ4v) is 3.43. The molecule has 2 rings (SSSR count). The van der Waals surface area contributed by atoms with Gasteiger partial charge in [0.15, 0.2) is 0 Å². The Labute approximate surface area is 108 Å². The first kappa shape index (κ1) is 13.5. The number of carbonyl (C=O) groups excluding carboxylic acids is 1. The normalized spacial score (nSPS) is 28.6. The minimum Gasteiger partial charge on any atom is -0.341 e. The summed E-state index contributed by atoms with van der Waals surface area (Å²) in [5, 5.41) is 0. The molecule has 102 valence electrons. The molecule has 5 nitrogen and oxygen atoms in total. The molecule has 2 atom stereocenters. The summed E-state index contributed by atoms with van der Waals surface area (Å²) in [5.74, 6) is 0.268. The zero-order valence-electron chi connectivity index (χ0n) is 10.6. The first-order chi connectivity index (χ1) is 8.46. The zero-order chi connectivity index (χ0) is 13.2. The number of amides is 1. The smallest absolute Gasteiger partial charge is 0.226 e. The Kier molecular flexibility index (Phi) is 4.07. The lowest BCUT2D eigenvalue weighted by molar-refractivity contribution is -0.134. The first-order valence-electron chi connectivity index (χ1n) is 6.37. The second kappa shape index (κ2) is 5.40. The van der Waals surface area contributed by atoms with E-state index in [9.17, 15) is 13.2 Å². The molecule has 0 saturated carbocycles. The summed E-state index contributed by atoms with van der Waals surface area (Å²) < 4.78 is 24.9. The molecule has 1 saturated heterocycles. The fraction of sp³-hybridized carbons (Fsp3) is 0.750. The van der Waals surface area contributed by atoms with Crippen LogP contribution in [0.5, 0.6) is 0 Å². The monoisotopic (exact) mass is 272 g/mol. The predicted octanol–water partition coefficient (Wildman–Crippen LogP) is 0.493. The molecule has 1 N–H and O–H groups in total. The zero-order valence-corrected chi connectivity index (χ0v) is 11.4. The van der Waals surface area contributed by atoms with Gasteiger partial charge in [-0.2, -0.15) is 0 Å². The van der Waals surface area contributed by atoms with Crippen LogP contribution in [0.15, 0.2) is 12.2 Å². The lowest BCUT2D eigenvalue weighted by Gasteiger charge is -2.24. The molecule has 0 unspecified atom stereocenters. The van der Waals surface area contributed by atoms with Crippen molar-refractivity contribution in [2.45, 2.75) is 31.7 Å². The van der Waals surface area contributed by atoms with Crippen LogP contribution in [-0.4, -0.2) is 44.6 Å². The van der Waals surface area contributed by atoms with Crippen molar-refractivity contribution in [1.82, 2.24) is 9.62 Å². The molecular formula is C12H20N2O3S. The molecule has 0 spiro atoms. The quantitative estimate of drug-likeness (QED) is 0.761. The summed E-state index contributed by atoms with van der Waals surface area (Å²) in [4.78, 5) is 14.0. The van der Waals surface area contributed by atoms with Crippen LogP contribution in [0.3, 0.4) is 0 Å². The molecule has 1 aliphatic carbocycles. The van der Waals surface area contributed by atoms with E-state index in [4.69, 9.17) is 0 Å². The summed E-state index contributed by atoms with van der Waals surface area (Å²) in [7, 11) is -3.18. The van der Waals surface area contributed by atoms with Gasteiger partial charge < -0.3 is 4.90 Å². The van der Waals surface area contributed by atoms with Crippen molar-refractivity contribution < 1.29 is 13.2 Å². The maximum absolute atomic E-state index is 12.2. The SMILES string of the molecule is CS(=O)(=O)N[C@H]1CCN(C(=O)[C@H]2CC=CCC2)C1. The van der Waals surface area contributed by atoms with Crippen LogP contribution in [0.2, 0.25) is 0 Å². The molecule has 0 aromatic carbocycles. The average Bonchev–Trinajstić information content (AvgIpc) is 2.75. The highest BCUT2D eigenvalue weighted by atomic mass is 32.2. The third-order valence-electron chi connectivity index (χ3n) is 3.50. The molecule has 0 bridgehead atoms. The second-order valence-corrected chi connectivity index (χ2v) is 6.92. The molecule has 0 radical (unpaired) electrons. The number of hydrogen-bond acceptors (Lipinski definition) is 3. The van der Waals surface area contributed by atoms with Crippen molar-refractivity contribution in [3.8, 4) is 0 Å². The fourth-order valence-electron chi connectivity index (χ4n) is 2.64. The van der Waals surface area contributed by atoms with E-state index >= 15 is 0 Å². The number of allylic oxidation sites excluding steroid dienone is 2. The molecular weight excluding hydrogens is 252 g/mol. The van der Waals surface area contributed by atoms with E-state index in [1.807, 2.05) is 0 Å². The predicted molar refractivity (Wildman–Crippen MR) is 69.4 cm³/mol. The van der Waals surface area contributed by atoms with Gasteiger partial charge in [0.25, 0.3) is 0 Å². The highest BCUT2D eigenvalue weighted by Gasteiger charge is 2.31. The summed E-state index contributed by atoms with van der Waals surface area (Å²) >= 11 is 0. The Morgan fingerprint density at radius 2 is 2.11 bits per heavy atom. The molecule has 1 fully saturated rings. The average molecular weight is 272 g/mol. The lowest BCUT2D eigenvalue weighted by Crippen LogP contribution is -2.39. The highest BCUT2D eigenvalue weighted by molar-refractivity contribution is 7.88. The minimum absolute atomic E-state index is 0.0898. The molecule has 0 aromatic rings. The van der Waals surface area contributed by atoms with E-state index in [-0.39, 0.29) is 17.9 Å². The van der Waals surface area contributed by atoms with Crippen LogP contribution >= 0.6 is 0 Å². The number of carbonyl (C=O) groups is 1. The molecule has 6 heteroatoms. The molecule has 1 aliphatic heterocycles. The number of rotatable bonds is 3. The topological polar surface area (TPSA) is 66.5 Å². The van der Waals surface area contributed by atoms with E-state index in [0.717, 1.165) is 25.5 Å². The standard InChI is InChI=1S/C12H20N2O3S/c1-18(16,17)13-11-7-8-14(9-11)12(15)10-5-3-2-4-6-10/h2-3,10-11,13H,4-9H2,1H3/t10-,11-/m0/s1. The Bertz CT molecular complexity index is 444. The highest BCUT2D eigenvalue weighted by Crippen LogP contribution is 2.22. The lowest BCUT2D eigenvalue weighted by atomic mass is 9.93. The van der Waals surface area contributed by atoms with Crippen LogP contribution in [0.25, 0.3) is 0 Å². The number of sulfonamides is 1. The van der Waals surface area contributed by atoms with Crippen LogP contribution in [0.1, 0.15) is 25.7 Å². The maximum atomic E-state index is 12.2. The van der Waals surface area contributed by atoms with Gasteiger partial charge in [-0.1, -0.05) is 12.2 Å². The Morgan fingerprint density at radius 3 is 2.72 bits per heavy atom. The van der Waals surface area contributed by atoms with Crippen LogP contribution in [0, 0.1) is 5.92 Å². The Balaban J connectivity index is 1.88. The van der Waals surface area contributed by atoms with Crippen molar-refractivity contribution >= 4 is 15.9 Å². The van der Waals surface area contributed by atoms with E-state index in [2.05, 4.69) is 16.9 Å². The molecule has 0 aromatic heterocycles. The van der Waals surface area contributed by atoms with Crippen molar-refractivity contribution in [2.24, 2.45) is 5.92 Å². The van der Waals surface area contributed by atoms with Gasteiger partial charge >= 0.3 is 0 Å². The van der Waals surface area contributed by atoms with Gasteiger partial charge in [-0.25, -0.2) is 13.1 Å². The van der Waals surface area contributed by atoms with Crippen LogP contribution in [0.4, 0.5) is 0 Å². The molecule has 18 heavy (non-hydrogen) atoms. The van der Waals surface area contributed by atoms with Gasteiger partial charge in [-0.3, -0.25) is 4.79 Å². The summed E-state index contributed by atoms with van der Waals surface area (Å²) in [6.45, 7) is 1.17. The van der Waals surface area contributed by atoms with E-state index in [1.165, 1.54) is 0 Å². The van der Waals surface area contributed by atoms with E-state index in [1.54, 1.807) is 4.90 Å². The van der Waals surface area contributed by atoms with Gasteiger partial charge in [-0.05, 0) is 25.7 Å². The Morgan fingerprint density at radius 1 is 1.33 bits per heavy atom. The van der Waals surface area contributed by atoms with Crippen molar-refractivity contribution in [2.75, 3.05) is 19.3 Å². The van der Waals surface area contributed by atoms with Gasteiger partial charge in [-0.15, -0.1) is 0 Å². The van der Waals surface area contributed by atoms with Gasteiger partial charge in [0, 0.05) is 25.0 Å². The number of nitrogens with one attached hydrogen (secondary N) is 1.